The minimum atomic E-state index is -0.0463. The van der Waals surface area contributed by atoms with Crippen molar-refractivity contribution in [3.63, 3.8) is 0 Å². The number of rotatable bonds is 6. The van der Waals surface area contributed by atoms with E-state index in [0.717, 1.165) is 32.3 Å². The van der Waals surface area contributed by atoms with Gasteiger partial charge in [-0.2, -0.15) is 0 Å². The van der Waals surface area contributed by atoms with Crippen molar-refractivity contribution in [1.82, 2.24) is 14.5 Å². The lowest BCUT2D eigenvalue weighted by Gasteiger charge is -2.05. The van der Waals surface area contributed by atoms with Gasteiger partial charge in [0.1, 0.15) is 16.8 Å². The molecule has 5 rings (SSSR count). The van der Waals surface area contributed by atoms with E-state index in [9.17, 15) is 4.79 Å². The highest BCUT2D eigenvalue weighted by atomic mass is 32.2. The topological polar surface area (TPSA) is 70.2 Å². The molecule has 3 aromatic heterocycles. The maximum atomic E-state index is 12.9. The monoisotopic (exact) mass is 461 g/mol. The molecule has 0 N–H and O–H groups in total. The molecule has 0 spiro atoms. The standard InChI is InChI=1S/C24H19N3O3S2/c1-27-23(28)19-12-20(15-6-4-3-5-7-15)32-22(19)26-24(27)31-14-17-13-30-21(25-17)16-8-10-18(29-2)11-9-16/h3-13H,14H2,1-2H3. The summed E-state index contributed by atoms with van der Waals surface area (Å²) in [7, 11) is 3.38. The van der Waals surface area contributed by atoms with Gasteiger partial charge in [-0.05, 0) is 35.9 Å². The van der Waals surface area contributed by atoms with Crippen LogP contribution in [0.25, 0.3) is 32.1 Å². The van der Waals surface area contributed by atoms with Crippen LogP contribution in [0.2, 0.25) is 0 Å². The molecule has 3 heterocycles. The molecule has 0 unspecified atom stereocenters. The van der Waals surface area contributed by atoms with Crippen LogP contribution in [0, 0.1) is 0 Å². The Kier molecular flexibility index (Phi) is 5.55. The van der Waals surface area contributed by atoms with Crippen LogP contribution in [-0.4, -0.2) is 21.6 Å². The highest BCUT2D eigenvalue weighted by Gasteiger charge is 2.14. The number of hydrogen-bond donors (Lipinski definition) is 0. The Morgan fingerprint density at radius 2 is 1.84 bits per heavy atom. The summed E-state index contributed by atoms with van der Waals surface area (Å²) in [6, 6.07) is 19.5. The summed E-state index contributed by atoms with van der Waals surface area (Å²) in [5, 5.41) is 1.29. The number of nitrogens with zero attached hydrogens (tertiary/aromatic N) is 3. The Morgan fingerprint density at radius 1 is 1.06 bits per heavy atom. The average molecular weight is 462 g/mol. The van der Waals surface area contributed by atoms with Gasteiger partial charge in [-0.1, -0.05) is 42.1 Å². The van der Waals surface area contributed by atoms with Crippen molar-refractivity contribution in [1.29, 1.82) is 0 Å². The van der Waals surface area contributed by atoms with E-state index in [1.54, 1.807) is 25.0 Å². The molecule has 0 radical (unpaired) electrons. The zero-order valence-electron chi connectivity index (χ0n) is 17.4. The number of ether oxygens (including phenoxy) is 1. The second-order valence-electron chi connectivity index (χ2n) is 7.12. The van der Waals surface area contributed by atoms with Crippen molar-refractivity contribution >= 4 is 33.3 Å². The molecule has 0 saturated heterocycles. The Bertz CT molecular complexity index is 1440. The summed E-state index contributed by atoms with van der Waals surface area (Å²) in [4.78, 5) is 24.0. The van der Waals surface area contributed by atoms with E-state index >= 15 is 0 Å². The van der Waals surface area contributed by atoms with Gasteiger partial charge in [0.15, 0.2) is 5.16 Å². The van der Waals surface area contributed by atoms with E-state index < -0.39 is 0 Å². The highest BCUT2D eigenvalue weighted by Crippen LogP contribution is 2.32. The van der Waals surface area contributed by atoms with Crippen molar-refractivity contribution in [2.75, 3.05) is 7.11 Å². The van der Waals surface area contributed by atoms with Crippen molar-refractivity contribution in [2.24, 2.45) is 7.05 Å². The largest absolute Gasteiger partial charge is 0.497 e. The molecule has 6 nitrogen and oxygen atoms in total. The Balaban J connectivity index is 1.38. The third kappa shape index (κ3) is 3.94. The molecular weight excluding hydrogens is 442 g/mol. The van der Waals surface area contributed by atoms with Gasteiger partial charge in [0.25, 0.3) is 5.56 Å². The van der Waals surface area contributed by atoms with E-state index in [-0.39, 0.29) is 5.56 Å². The second kappa shape index (κ2) is 8.64. The number of thioether (sulfide) groups is 1. The summed E-state index contributed by atoms with van der Waals surface area (Å²) in [5.41, 5.74) is 2.70. The van der Waals surface area contributed by atoms with Crippen LogP contribution in [0.5, 0.6) is 5.75 Å². The molecule has 0 saturated carbocycles. The molecule has 8 heteroatoms. The zero-order valence-corrected chi connectivity index (χ0v) is 19.1. The summed E-state index contributed by atoms with van der Waals surface area (Å²) in [6.45, 7) is 0. The molecular formula is C24H19N3O3S2. The van der Waals surface area contributed by atoms with Crippen LogP contribution in [0.15, 0.2) is 81.3 Å². The number of aromatic nitrogens is 3. The van der Waals surface area contributed by atoms with Gasteiger partial charge in [-0.3, -0.25) is 9.36 Å². The fraction of sp³-hybridized carbons (Fsp3) is 0.125. The third-order valence-electron chi connectivity index (χ3n) is 5.03. The van der Waals surface area contributed by atoms with Crippen molar-refractivity contribution < 1.29 is 9.15 Å². The molecule has 0 aliphatic rings. The van der Waals surface area contributed by atoms with Crippen LogP contribution >= 0.6 is 23.1 Å². The first kappa shape index (κ1) is 20.5. The number of fused-ring (bicyclic) bond motifs is 1. The summed E-state index contributed by atoms with van der Waals surface area (Å²) < 4.78 is 12.4. The Morgan fingerprint density at radius 3 is 2.59 bits per heavy atom. The number of thiophene rings is 1. The van der Waals surface area contributed by atoms with E-state index in [1.165, 1.54) is 23.1 Å². The van der Waals surface area contributed by atoms with E-state index in [0.29, 0.717) is 22.2 Å². The van der Waals surface area contributed by atoms with Crippen LogP contribution in [0.1, 0.15) is 5.69 Å². The fourth-order valence-corrected chi connectivity index (χ4v) is 5.23. The van der Waals surface area contributed by atoms with Crippen molar-refractivity contribution in [2.45, 2.75) is 10.9 Å². The van der Waals surface area contributed by atoms with Crippen LogP contribution < -0.4 is 10.3 Å². The SMILES string of the molecule is COc1ccc(-c2nc(CSc3nc4sc(-c5ccccc5)cc4c(=O)n3C)co2)cc1. The maximum absolute atomic E-state index is 12.9. The molecule has 160 valence electrons. The van der Waals surface area contributed by atoms with Gasteiger partial charge < -0.3 is 9.15 Å². The summed E-state index contributed by atoms with van der Waals surface area (Å²) >= 11 is 3.00. The van der Waals surface area contributed by atoms with Gasteiger partial charge in [-0.25, -0.2) is 9.97 Å². The molecule has 0 bridgehead atoms. The molecule has 0 aliphatic carbocycles. The van der Waals surface area contributed by atoms with Crippen molar-refractivity contribution in [3.8, 4) is 27.6 Å². The minimum Gasteiger partial charge on any atom is -0.497 e. The first-order valence-corrected chi connectivity index (χ1v) is 11.7. The van der Waals surface area contributed by atoms with Gasteiger partial charge in [0.05, 0.1) is 18.2 Å². The minimum absolute atomic E-state index is 0.0463. The molecule has 5 aromatic rings. The maximum Gasteiger partial charge on any atom is 0.262 e. The fourth-order valence-electron chi connectivity index (χ4n) is 3.30. The normalized spacial score (nSPS) is 11.2. The summed E-state index contributed by atoms with van der Waals surface area (Å²) in [5.74, 6) is 1.87. The zero-order chi connectivity index (χ0) is 22.1. The van der Waals surface area contributed by atoms with Crippen LogP contribution in [0.4, 0.5) is 0 Å². The van der Waals surface area contributed by atoms with Gasteiger partial charge in [0, 0.05) is 23.2 Å². The lowest BCUT2D eigenvalue weighted by atomic mass is 10.2. The Labute approximate surface area is 192 Å². The molecule has 0 fully saturated rings. The molecule has 2 aromatic carbocycles. The van der Waals surface area contributed by atoms with Gasteiger partial charge in [0.2, 0.25) is 5.89 Å². The molecule has 0 atom stereocenters. The van der Waals surface area contributed by atoms with Crippen LogP contribution in [-0.2, 0) is 12.8 Å². The molecule has 32 heavy (non-hydrogen) atoms. The highest BCUT2D eigenvalue weighted by molar-refractivity contribution is 7.98. The quantitative estimate of drug-likeness (QED) is 0.242. The lowest BCUT2D eigenvalue weighted by molar-refractivity contribution is 0.415. The number of oxazole rings is 1. The number of benzene rings is 2. The number of hydrogen-bond acceptors (Lipinski definition) is 7. The van der Waals surface area contributed by atoms with Crippen molar-refractivity contribution in [3.05, 3.63) is 83.0 Å². The predicted octanol–water partition coefficient (Wildman–Crippen LogP) is 5.62. The van der Waals surface area contributed by atoms with Gasteiger partial charge >= 0.3 is 0 Å². The first-order valence-electron chi connectivity index (χ1n) is 9.90. The smallest absolute Gasteiger partial charge is 0.262 e. The van der Waals surface area contributed by atoms with E-state index in [2.05, 4.69) is 4.98 Å². The second-order valence-corrected chi connectivity index (χ2v) is 9.09. The third-order valence-corrected chi connectivity index (χ3v) is 7.17. The van der Waals surface area contributed by atoms with E-state index in [1.807, 2.05) is 60.7 Å². The number of methoxy groups -OCH3 is 1. The average Bonchev–Trinajstić information content (AvgIpc) is 3.49. The first-order chi connectivity index (χ1) is 15.6. The Hall–Kier alpha value is -3.36. The predicted molar refractivity (Wildman–Crippen MR) is 128 cm³/mol. The van der Waals surface area contributed by atoms with Crippen LogP contribution in [0.3, 0.4) is 0 Å². The summed E-state index contributed by atoms with van der Waals surface area (Å²) in [6.07, 6.45) is 1.64. The molecule has 0 amide bonds. The molecule has 0 aliphatic heterocycles. The van der Waals surface area contributed by atoms with Gasteiger partial charge in [-0.15, -0.1) is 11.3 Å². The van der Waals surface area contributed by atoms with E-state index in [4.69, 9.17) is 14.1 Å². The lowest BCUT2D eigenvalue weighted by Crippen LogP contribution is -2.19.